The fourth-order valence-corrected chi connectivity index (χ4v) is 0.834. The molecule has 0 aromatic carbocycles. The van der Waals surface area contributed by atoms with Crippen LogP contribution >= 0.6 is 0 Å². The first-order valence-corrected chi connectivity index (χ1v) is 3.16. The van der Waals surface area contributed by atoms with Crippen molar-refractivity contribution in [3.05, 3.63) is 22.7 Å². The molecule has 1 aliphatic rings. The molecule has 0 unspecified atom stereocenters. The van der Waals surface area contributed by atoms with Gasteiger partial charge >= 0.3 is 5.69 Å². The van der Waals surface area contributed by atoms with E-state index in [4.69, 9.17) is 0 Å². The minimum absolute atomic E-state index is 0.274. The van der Waals surface area contributed by atoms with E-state index in [1.54, 1.807) is 6.07 Å². The molecule has 1 N–H and O–H groups in total. The lowest BCUT2D eigenvalue weighted by Gasteiger charge is -1.97. The van der Waals surface area contributed by atoms with Crippen molar-refractivity contribution in [1.29, 1.82) is 0 Å². The predicted molar refractivity (Wildman–Crippen MR) is 37.1 cm³/mol. The molecule has 2 rings (SSSR count). The Balaban J connectivity index is 2.41. The molecule has 2 heterocycles. The molecule has 4 nitrogen and oxygen atoms in total. The molecule has 0 bridgehead atoms. The summed E-state index contributed by atoms with van der Waals surface area (Å²) in [5, 5.41) is 0. The molecule has 1 aromatic rings. The van der Waals surface area contributed by atoms with E-state index in [0.717, 1.165) is 18.9 Å². The van der Waals surface area contributed by atoms with Crippen LogP contribution in [0.25, 0.3) is 0 Å². The van der Waals surface area contributed by atoms with Crippen LogP contribution in [0.5, 0.6) is 0 Å². The number of anilines is 1. The molecule has 4 heteroatoms. The maximum atomic E-state index is 10.6. The van der Waals surface area contributed by atoms with Gasteiger partial charge in [0.15, 0.2) is 0 Å². The van der Waals surface area contributed by atoms with Crippen molar-refractivity contribution in [2.75, 3.05) is 18.0 Å². The SMILES string of the molecule is O=c1nccc(N2CC2)[nH]1. The lowest BCUT2D eigenvalue weighted by Crippen LogP contribution is -2.11. The molecule has 0 spiro atoms. The fourth-order valence-electron chi connectivity index (χ4n) is 0.834. The number of hydrogen-bond donors (Lipinski definition) is 1. The minimum Gasteiger partial charge on any atom is -0.354 e. The number of nitrogens with zero attached hydrogens (tertiary/aromatic N) is 2. The van der Waals surface area contributed by atoms with Crippen molar-refractivity contribution in [2.24, 2.45) is 0 Å². The molecular weight excluding hydrogens is 130 g/mol. The number of rotatable bonds is 1. The van der Waals surface area contributed by atoms with Crippen molar-refractivity contribution >= 4 is 5.82 Å². The van der Waals surface area contributed by atoms with Gasteiger partial charge in [0.1, 0.15) is 5.82 Å². The van der Waals surface area contributed by atoms with E-state index in [9.17, 15) is 4.79 Å². The Hall–Kier alpha value is -1.32. The average molecular weight is 137 g/mol. The highest BCUT2D eigenvalue weighted by molar-refractivity contribution is 5.42. The summed E-state index contributed by atoms with van der Waals surface area (Å²) in [6.07, 6.45) is 1.52. The van der Waals surface area contributed by atoms with E-state index >= 15 is 0 Å². The molecule has 0 radical (unpaired) electrons. The summed E-state index contributed by atoms with van der Waals surface area (Å²) < 4.78 is 0. The van der Waals surface area contributed by atoms with Gasteiger partial charge in [0.2, 0.25) is 0 Å². The predicted octanol–water partition coefficient (Wildman–Crippen LogP) is -0.410. The summed E-state index contributed by atoms with van der Waals surface area (Å²) in [4.78, 5) is 18.8. The van der Waals surface area contributed by atoms with E-state index in [1.807, 2.05) is 0 Å². The summed E-state index contributed by atoms with van der Waals surface area (Å²) in [5.41, 5.74) is -0.274. The van der Waals surface area contributed by atoms with Crippen LogP contribution in [-0.2, 0) is 0 Å². The molecule has 0 amide bonds. The molecule has 1 aromatic heterocycles. The van der Waals surface area contributed by atoms with Crippen molar-refractivity contribution in [3.8, 4) is 0 Å². The normalized spacial score (nSPS) is 15.4. The number of nitrogens with one attached hydrogen (secondary N) is 1. The molecule has 0 saturated carbocycles. The van der Waals surface area contributed by atoms with Crippen LogP contribution in [0.2, 0.25) is 0 Å². The van der Waals surface area contributed by atoms with Crippen LogP contribution in [0.1, 0.15) is 0 Å². The Morgan fingerprint density at radius 2 is 2.40 bits per heavy atom. The number of aromatic amines is 1. The van der Waals surface area contributed by atoms with Gasteiger partial charge in [-0.1, -0.05) is 0 Å². The Labute approximate surface area is 57.5 Å². The van der Waals surface area contributed by atoms with Crippen LogP contribution in [-0.4, -0.2) is 23.1 Å². The van der Waals surface area contributed by atoms with Gasteiger partial charge in [-0.05, 0) is 6.07 Å². The van der Waals surface area contributed by atoms with E-state index in [2.05, 4.69) is 14.9 Å². The Kier molecular flexibility index (Phi) is 1.00. The van der Waals surface area contributed by atoms with Gasteiger partial charge in [-0.25, -0.2) is 9.78 Å². The van der Waals surface area contributed by atoms with Crippen molar-refractivity contribution < 1.29 is 0 Å². The standard InChI is InChI=1S/C6H7N3O/c10-6-7-2-1-5(8-6)9-3-4-9/h1-2H,3-4H2,(H,7,8,10). The van der Waals surface area contributed by atoms with Crippen molar-refractivity contribution in [2.45, 2.75) is 0 Å². The second-order valence-electron chi connectivity index (χ2n) is 2.25. The van der Waals surface area contributed by atoms with Gasteiger partial charge in [-0.15, -0.1) is 0 Å². The quantitative estimate of drug-likeness (QED) is 0.535. The average Bonchev–Trinajstić information content (AvgIpc) is 2.68. The second-order valence-corrected chi connectivity index (χ2v) is 2.25. The third-order valence-corrected chi connectivity index (χ3v) is 1.45. The second kappa shape index (κ2) is 1.83. The van der Waals surface area contributed by atoms with E-state index in [-0.39, 0.29) is 5.69 Å². The zero-order valence-electron chi connectivity index (χ0n) is 5.37. The highest BCUT2D eigenvalue weighted by Crippen LogP contribution is 2.14. The van der Waals surface area contributed by atoms with E-state index in [1.165, 1.54) is 6.20 Å². The maximum Gasteiger partial charge on any atom is 0.346 e. The highest BCUT2D eigenvalue weighted by atomic mass is 16.1. The molecule has 1 aliphatic heterocycles. The monoisotopic (exact) mass is 137 g/mol. The Morgan fingerprint density at radius 3 is 3.00 bits per heavy atom. The smallest absolute Gasteiger partial charge is 0.346 e. The van der Waals surface area contributed by atoms with Gasteiger partial charge in [0.25, 0.3) is 0 Å². The molecule has 10 heavy (non-hydrogen) atoms. The lowest BCUT2D eigenvalue weighted by atomic mass is 10.6. The van der Waals surface area contributed by atoms with E-state index < -0.39 is 0 Å². The molecule has 52 valence electrons. The number of H-pyrrole nitrogens is 1. The van der Waals surface area contributed by atoms with Crippen molar-refractivity contribution in [3.63, 3.8) is 0 Å². The first-order valence-electron chi connectivity index (χ1n) is 3.16. The fraction of sp³-hybridized carbons (Fsp3) is 0.333. The number of aromatic nitrogens is 2. The molecule has 1 saturated heterocycles. The van der Waals surface area contributed by atoms with E-state index in [0.29, 0.717) is 0 Å². The zero-order chi connectivity index (χ0) is 6.97. The van der Waals surface area contributed by atoms with Gasteiger partial charge in [0, 0.05) is 19.3 Å². The molecule has 0 aliphatic carbocycles. The first-order chi connectivity index (χ1) is 4.86. The molecular formula is C6H7N3O. The molecule has 0 atom stereocenters. The summed E-state index contributed by atoms with van der Waals surface area (Å²) >= 11 is 0. The van der Waals surface area contributed by atoms with Crippen LogP contribution in [0.3, 0.4) is 0 Å². The topological polar surface area (TPSA) is 48.8 Å². The molecule has 1 fully saturated rings. The first kappa shape index (κ1) is 5.46. The van der Waals surface area contributed by atoms with Crippen LogP contribution < -0.4 is 10.6 Å². The van der Waals surface area contributed by atoms with Gasteiger partial charge < -0.3 is 4.90 Å². The summed E-state index contributed by atoms with van der Waals surface area (Å²) in [7, 11) is 0. The summed E-state index contributed by atoms with van der Waals surface area (Å²) in [6, 6.07) is 1.80. The third kappa shape index (κ3) is 0.877. The highest BCUT2D eigenvalue weighted by Gasteiger charge is 2.17. The zero-order valence-corrected chi connectivity index (χ0v) is 5.37. The minimum atomic E-state index is -0.274. The van der Waals surface area contributed by atoms with Crippen molar-refractivity contribution in [1.82, 2.24) is 9.97 Å². The van der Waals surface area contributed by atoms with Gasteiger partial charge in [0.05, 0.1) is 0 Å². The third-order valence-electron chi connectivity index (χ3n) is 1.45. The number of hydrogen-bond acceptors (Lipinski definition) is 3. The van der Waals surface area contributed by atoms with Crippen LogP contribution in [0, 0.1) is 0 Å². The van der Waals surface area contributed by atoms with Gasteiger partial charge in [-0.3, -0.25) is 4.98 Å². The lowest BCUT2D eigenvalue weighted by molar-refractivity contribution is 1.06. The van der Waals surface area contributed by atoms with Crippen LogP contribution in [0.4, 0.5) is 5.82 Å². The largest absolute Gasteiger partial charge is 0.354 e. The Bertz CT molecular complexity index is 289. The summed E-state index contributed by atoms with van der Waals surface area (Å²) in [5.74, 6) is 0.875. The summed E-state index contributed by atoms with van der Waals surface area (Å²) in [6.45, 7) is 2.08. The Morgan fingerprint density at radius 1 is 1.60 bits per heavy atom. The maximum absolute atomic E-state index is 10.6. The van der Waals surface area contributed by atoms with Gasteiger partial charge in [-0.2, -0.15) is 0 Å². The van der Waals surface area contributed by atoms with Crippen LogP contribution in [0.15, 0.2) is 17.1 Å².